The third-order valence-electron chi connectivity index (χ3n) is 2.88. The van der Waals surface area contributed by atoms with Crippen molar-refractivity contribution < 1.29 is 9.84 Å². The van der Waals surface area contributed by atoms with E-state index in [4.69, 9.17) is 9.84 Å². The first-order chi connectivity index (χ1) is 5.92. The van der Waals surface area contributed by atoms with Crippen LogP contribution in [0.3, 0.4) is 0 Å². The topological polar surface area (TPSA) is 29.5 Å². The van der Waals surface area contributed by atoms with E-state index in [1.54, 1.807) is 0 Å². The number of ether oxygens (including phenoxy) is 1. The third-order valence-corrected chi connectivity index (χ3v) is 2.88. The summed E-state index contributed by atoms with van der Waals surface area (Å²) in [4.78, 5) is 0. The maximum absolute atomic E-state index is 9.12. The maximum atomic E-state index is 9.12. The summed E-state index contributed by atoms with van der Waals surface area (Å²) >= 11 is 0. The molecule has 1 fully saturated rings. The van der Waals surface area contributed by atoms with E-state index in [0.29, 0.717) is 5.92 Å². The molecule has 0 aromatic carbocycles. The Labute approximate surface area is 73.2 Å². The van der Waals surface area contributed by atoms with Crippen LogP contribution < -0.4 is 0 Å². The van der Waals surface area contributed by atoms with Gasteiger partial charge in [-0.05, 0) is 31.3 Å². The number of hydrogen-bond acceptors (Lipinski definition) is 2. The van der Waals surface area contributed by atoms with Crippen LogP contribution in [0.25, 0.3) is 0 Å². The van der Waals surface area contributed by atoms with Gasteiger partial charge in [0.15, 0.2) is 0 Å². The number of hydrogen-bond donors (Lipinski definition) is 1. The van der Waals surface area contributed by atoms with Crippen molar-refractivity contribution in [3.05, 3.63) is 11.6 Å². The molecule has 0 saturated carbocycles. The molecule has 2 rings (SSSR count). The summed E-state index contributed by atoms with van der Waals surface area (Å²) in [6, 6.07) is 0. The first-order valence-electron chi connectivity index (χ1n) is 4.83. The number of fused-ring (bicyclic) bond motifs is 1. The fraction of sp³-hybridized carbons (Fsp3) is 0.800. The zero-order valence-electron chi connectivity index (χ0n) is 7.33. The van der Waals surface area contributed by atoms with Crippen LogP contribution in [-0.2, 0) is 4.74 Å². The highest BCUT2D eigenvalue weighted by molar-refractivity contribution is 5.15. The van der Waals surface area contributed by atoms with Crippen molar-refractivity contribution in [1.82, 2.24) is 0 Å². The second-order valence-electron chi connectivity index (χ2n) is 3.69. The third kappa shape index (κ3) is 1.41. The van der Waals surface area contributed by atoms with Crippen LogP contribution in [0, 0.1) is 5.92 Å². The lowest BCUT2D eigenvalue weighted by Gasteiger charge is -2.34. The Hall–Kier alpha value is -0.340. The predicted molar refractivity (Wildman–Crippen MR) is 46.9 cm³/mol. The molecule has 1 aliphatic heterocycles. The summed E-state index contributed by atoms with van der Waals surface area (Å²) in [7, 11) is 0. The highest BCUT2D eigenvalue weighted by Gasteiger charge is 2.29. The summed E-state index contributed by atoms with van der Waals surface area (Å²) in [5, 5.41) is 9.12. The maximum Gasteiger partial charge on any atom is 0.0835 e. The molecule has 0 spiro atoms. The first-order valence-corrected chi connectivity index (χ1v) is 4.83. The number of rotatable bonds is 1. The van der Waals surface area contributed by atoms with E-state index in [1.807, 2.05) is 0 Å². The van der Waals surface area contributed by atoms with Gasteiger partial charge in [-0.1, -0.05) is 6.08 Å². The molecule has 2 heteroatoms. The number of aliphatic hydroxyl groups excluding tert-OH is 1. The van der Waals surface area contributed by atoms with Gasteiger partial charge in [-0.2, -0.15) is 0 Å². The lowest BCUT2D eigenvalue weighted by molar-refractivity contribution is -0.00979. The van der Waals surface area contributed by atoms with Crippen molar-refractivity contribution in [2.45, 2.75) is 31.8 Å². The molecule has 1 saturated heterocycles. The summed E-state index contributed by atoms with van der Waals surface area (Å²) in [5.74, 6) is 0.366. The van der Waals surface area contributed by atoms with Gasteiger partial charge < -0.3 is 9.84 Å². The van der Waals surface area contributed by atoms with E-state index in [9.17, 15) is 0 Å². The smallest absolute Gasteiger partial charge is 0.0835 e. The van der Waals surface area contributed by atoms with Crippen molar-refractivity contribution in [1.29, 1.82) is 0 Å². The molecule has 0 bridgehead atoms. The van der Waals surface area contributed by atoms with E-state index in [1.165, 1.54) is 12.0 Å². The fourth-order valence-electron chi connectivity index (χ4n) is 2.21. The van der Waals surface area contributed by atoms with E-state index < -0.39 is 0 Å². The van der Waals surface area contributed by atoms with Gasteiger partial charge in [0.05, 0.1) is 6.10 Å². The van der Waals surface area contributed by atoms with Crippen LogP contribution >= 0.6 is 0 Å². The minimum atomic E-state index is 0.248. The average molecular weight is 168 g/mol. The predicted octanol–water partition coefficient (Wildman–Crippen LogP) is 1.49. The second-order valence-corrected chi connectivity index (χ2v) is 3.69. The number of allylic oxidation sites excluding steroid dienone is 1. The van der Waals surface area contributed by atoms with E-state index in [-0.39, 0.29) is 12.7 Å². The molecule has 0 amide bonds. The molecule has 2 unspecified atom stereocenters. The Morgan fingerprint density at radius 2 is 2.50 bits per heavy atom. The van der Waals surface area contributed by atoms with Crippen LogP contribution in [-0.4, -0.2) is 24.4 Å². The molecule has 2 atom stereocenters. The molecular formula is C10H16O2. The molecule has 0 radical (unpaired) electrons. The van der Waals surface area contributed by atoms with Crippen LogP contribution in [0.15, 0.2) is 11.6 Å². The van der Waals surface area contributed by atoms with E-state index in [0.717, 1.165) is 25.9 Å². The highest BCUT2D eigenvalue weighted by atomic mass is 16.5. The highest BCUT2D eigenvalue weighted by Crippen LogP contribution is 2.32. The summed E-state index contributed by atoms with van der Waals surface area (Å²) in [5.41, 5.74) is 1.44. The van der Waals surface area contributed by atoms with Gasteiger partial charge in [0.2, 0.25) is 0 Å². The van der Waals surface area contributed by atoms with Crippen LogP contribution in [0.4, 0.5) is 0 Å². The second kappa shape index (κ2) is 3.58. The summed E-state index contributed by atoms with van der Waals surface area (Å²) in [6.45, 7) is 1.15. The molecule has 12 heavy (non-hydrogen) atoms. The Kier molecular flexibility index (Phi) is 2.47. The minimum absolute atomic E-state index is 0.248. The zero-order valence-corrected chi connectivity index (χ0v) is 7.33. The molecular weight excluding hydrogens is 152 g/mol. The van der Waals surface area contributed by atoms with Gasteiger partial charge in [0.25, 0.3) is 0 Å². The minimum Gasteiger partial charge on any atom is -0.396 e. The molecule has 68 valence electrons. The average Bonchev–Trinajstić information content (AvgIpc) is 2.17. The molecule has 2 nitrogen and oxygen atoms in total. The van der Waals surface area contributed by atoms with Gasteiger partial charge >= 0.3 is 0 Å². The molecule has 1 N–H and O–H groups in total. The van der Waals surface area contributed by atoms with Gasteiger partial charge in [-0.3, -0.25) is 0 Å². The first kappa shape index (κ1) is 8.27. The Balaban J connectivity index is 2.10. The Bertz CT molecular complexity index is 186. The van der Waals surface area contributed by atoms with Gasteiger partial charge in [-0.15, -0.1) is 0 Å². The summed E-state index contributed by atoms with van der Waals surface area (Å²) < 4.78 is 5.66. The monoisotopic (exact) mass is 168 g/mol. The van der Waals surface area contributed by atoms with Crippen LogP contribution in [0.2, 0.25) is 0 Å². The molecule has 2 aliphatic rings. The van der Waals surface area contributed by atoms with E-state index in [2.05, 4.69) is 6.08 Å². The molecule has 0 aromatic rings. The van der Waals surface area contributed by atoms with Crippen LogP contribution in [0.1, 0.15) is 25.7 Å². The van der Waals surface area contributed by atoms with Gasteiger partial charge in [-0.25, -0.2) is 0 Å². The van der Waals surface area contributed by atoms with Gasteiger partial charge in [0.1, 0.15) is 0 Å². The lowest BCUT2D eigenvalue weighted by Crippen LogP contribution is -2.34. The van der Waals surface area contributed by atoms with Crippen molar-refractivity contribution in [3.63, 3.8) is 0 Å². The lowest BCUT2D eigenvalue weighted by atomic mass is 9.83. The SMILES string of the molecule is OCC1CCC=C2CCCOC21. The Morgan fingerprint density at radius 3 is 3.33 bits per heavy atom. The molecule has 1 aliphatic carbocycles. The standard InChI is InChI=1S/C10H16O2/c11-7-9-4-1-3-8-5-2-6-12-10(8)9/h3,9-11H,1-2,4-7H2. The fourth-order valence-corrected chi connectivity index (χ4v) is 2.21. The number of aliphatic hydroxyl groups is 1. The van der Waals surface area contributed by atoms with Crippen molar-refractivity contribution in [2.24, 2.45) is 5.92 Å². The van der Waals surface area contributed by atoms with Crippen molar-refractivity contribution in [2.75, 3.05) is 13.2 Å². The quantitative estimate of drug-likeness (QED) is 0.601. The largest absolute Gasteiger partial charge is 0.396 e. The van der Waals surface area contributed by atoms with Gasteiger partial charge in [0, 0.05) is 19.1 Å². The van der Waals surface area contributed by atoms with E-state index >= 15 is 0 Å². The normalized spacial score (nSPS) is 35.6. The summed E-state index contributed by atoms with van der Waals surface area (Å²) in [6.07, 6.45) is 7.10. The van der Waals surface area contributed by atoms with Crippen molar-refractivity contribution >= 4 is 0 Å². The Morgan fingerprint density at radius 1 is 1.58 bits per heavy atom. The molecule has 1 heterocycles. The molecule has 0 aromatic heterocycles. The van der Waals surface area contributed by atoms with Crippen molar-refractivity contribution in [3.8, 4) is 0 Å². The zero-order chi connectivity index (χ0) is 8.39. The van der Waals surface area contributed by atoms with Crippen LogP contribution in [0.5, 0.6) is 0 Å².